The van der Waals surface area contributed by atoms with E-state index in [1.807, 2.05) is 0 Å². The number of carbonyl (C=O) groups is 2. The summed E-state index contributed by atoms with van der Waals surface area (Å²) in [5, 5.41) is 6.82. The van der Waals surface area contributed by atoms with E-state index in [2.05, 4.69) is 31.9 Å². The van der Waals surface area contributed by atoms with E-state index in [4.69, 9.17) is 20.5 Å². The summed E-state index contributed by atoms with van der Waals surface area (Å²) in [7, 11) is 0. The standard InChI is InChI=1S/C18H12N6O4/c19-23-21-15-9-3-1-7-13(15)17(25)27-11-5-6-12-28-18(26)14-8-2-4-10-16(14)22-24-20/h1-4,7-10H,11-12H2. The minimum Gasteiger partial charge on any atom is -0.449 e. The maximum absolute atomic E-state index is 12.0. The highest BCUT2D eigenvalue weighted by atomic mass is 16.5. The quantitative estimate of drug-likeness (QED) is 0.238. The number of hydrogen-bond donors (Lipinski definition) is 0. The molecule has 0 aliphatic heterocycles. The van der Waals surface area contributed by atoms with Crippen LogP contribution >= 0.6 is 0 Å². The third-order valence-corrected chi connectivity index (χ3v) is 3.23. The fourth-order valence-corrected chi connectivity index (χ4v) is 2.02. The van der Waals surface area contributed by atoms with Crippen molar-refractivity contribution >= 4 is 23.3 Å². The molecule has 0 heterocycles. The van der Waals surface area contributed by atoms with Gasteiger partial charge in [-0.2, -0.15) is 0 Å². The Morgan fingerprint density at radius 1 is 0.786 bits per heavy atom. The van der Waals surface area contributed by atoms with Gasteiger partial charge in [0.25, 0.3) is 0 Å². The zero-order valence-electron chi connectivity index (χ0n) is 14.3. The molecule has 0 saturated heterocycles. The summed E-state index contributed by atoms with van der Waals surface area (Å²) in [5.74, 6) is 3.66. The van der Waals surface area contributed by atoms with Crippen molar-refractivity contribution in [1.82, 2.24) is 0 Å². The SMILES string of the molecule is [N-]=[N+]=Nc1ccccc1C(=O)OCC#CCOC(=O)c1ccccc1N=[N+]=[N-]. The highest BCUT2D eigenvalue weighted by molar-refractivity contribution is 5.95. The summed E-state index contributed by atoms with van der Waals surface area (Å²) in [4.78, 5) is 29.2. The molecule has 0 saturated carbocycles. The van der Waals surface area contributed by atoms with Crippen LogP contribution in [0.1, 0.15) is 20.7 Å². The van der Waals surface area contributed by atoms with Gasteiger partial charge in [0.2, 0.25) is 0 Å². The zero-order valence-corrected chi connectivity index (χ0v) is 14.3. The lowest BCUT2D eigenvalue weighted by Crippen LogP contribution is -2.07. The number of hydrogen-bond acceptors (Lipinski definition) is 6. The van der Waals surface area contributed by atoms with E-state index in [1.54, 1.807) is 24.3 Å². The minimum atomic E-state index is -0.697. The molecular weight excluding hydrogens is 364 g/mol. The van der Waals surface area contributed by atoms with Crippen molar-refractivity contribution in [2.75, 3.05) is 13.2 Å². The molecular formula is C18H12N6O4. The lowest BCUT2D eigenvalue weighted by Gasteiger charge is -2.04. The third-order valence-electron chi connectivity index (χ3n) is 3.23. The average molecular weight is 376 g/mol. The summed E-state index contributed by atoms with van der Waals surface area (Å²) < 4.78 is 9.93. The highest BCUT2D eigenvalue weighted by Gasteiger charge is 2.11. The second kappa shape index (κ2) is 10.5. The smallest absolute Gasteiger partial charge is 0.339 e. The predicted molar refractivity (Wildman–Crippen MR) is 98.8 cm³/mol. The lowest BCUT2D eigenvalue weighted by molar-refractivity contribution is 0.0540. The van der Waals surface area contributed by atoms with Gasteiger partial charge in [0.1, 0.15) is 0 Å². The van der Waals surface area contributed by atoms with Crippen molar-refractivity contribution < 1.29 is 19.1 Å². The van der Waals surface area contributed by atoms with E-state index < -0.39 is 11.9 Å². The molecule has 0 bridgehead atoms. The van der Waals surface area contributed by atoms with Crippen molar-refractivity contribution in [2.24, 2.45) is 10.2 Å². The van der Waals surface area contributed by atoms with Gasteiger partial charge in [-0.05, 0) is 23.2 Å². The first kappa shape index (κ1) is 19.9. The third kappa shape index (κ3) is 5.54. The van der Waals surface area contributed by atoms with E-state index in [0.717, 1.165) is 0 Å². The molecule has 138 valence electrons. The molecule has 0 unspecified atom stereocenters. The van der Waals surface area contributed by atoms with Gasteiger partial charge in [0.05, 0.1) is 22.5 Å². The largest absolute Gasteiger partial charge is 0.449 e. The van der Waals surface area contributed by atoms with Crippen LogP contribution in [0, 0.1) is 11.8 Å². The molecule has 0 aliphatic rings. The fraction of sp³-hybridized carbons (Fsp3) is 0.111. The van der Waals surface area contributed by atoms with Crippen LogP contribution in [-0.2, 0) is 9.47 Å². The maximum Gasteiger partial charge on any atom is 0.339 e. The summed E-state index contributed by atoms with van der Waals surface area (Å²) >= 11 is 0. The van der Waals surface area contributed by atoms with Gasteiger partial charge < -0.3 is 9.47 Å². The maximum atomic E-state index is 12.0. The molecule has 0 N–H and O–H groups in total. The molecule has 2 aromatic carbocycles. The van der Waals surface area contributed by atoms with Crippen molar-refractivity contribution in [2.45, 2.75) is 0 Å². The Morgan fingerprint density at radius 2 is 1.18 bits per heavy atom. The van der Waals surface area contributed by atoms with Crippen molar-refractivity contribution in [1.29, 1.82) is 0 Å². The van der Waals surface area contributed by atoms with Gasteiger partial charge >= 0.3 is 11.9 Å². The molecule has 0 radical (unpaired) electrons. The number of nitrogens with zero attached hydrogens (tertiary/aromatic N) is 6. The monoisotopic (exact) mass is 376 g/mol. The topological polar surface area (TPSA) is 150 Å². The molecule has 0 fully saturated rings. The van der Waals surface area contributed by atoms with E-state index in [-0.39, 0.29) is 35.7 Å². The summed E-state index contributed by atoms with van der Waals surface area (Å²) in [6, 6.07) is 12.3. The first-order chi connectivity index (χ1) is 13.7. The van der Waals surface area contributed by atoms with Crippen LogP contribution in [0.5, 0.6) is 0 Å². The molecule has 0 atom stereocenters. The number of ether oxygens (including phenoxy) is 2. The van der Waals surface area contributed by atoms with Crippen LogP contribution in [-0.4, -0.2) is 25.2 Å². The summed E-state index contributed by atoms with van der Waals surface area (Å²) in [5.41, 5.74) is 17.5. The van der Waals surface area contributed by atoms with Gasteiger partial charge in [-0.1, -0.05) is 58.5 Å². The van der Waals surface area contributed by atoms with Gasteiger partial charge in [-0.3, -0.25) is 0 Å². The van der Waals surface area contributed by atoms with Gasteiger partial charge in [-0.25, -0.2) is 9.59 Å². The van der Waals surface area contributed by atoms with Crippen LogP contribution in [0.25, 0.3) is 20.9 Å². The lowest BCUT2D eigenvalue weighted by atomic mass is 10.2. The molecule has 28 heavy (non-hydrogen) atoms. The number of benzene rings is 2. The summed E-state index contributed by atoms with van der Waals surface area (Å²) in [6.07, 6.45) is 0. The van der Waals surface area contributed by atoms with Crippen molar-refractivity contribution in [3.63, 3.8) is 0 Å². The molecule has 0 aromatic heterocycles. The Labute approximate surface area is 158 Å². The number of azide groups is 2. The number of carbonyl (C=O) groups excluding carboxylic acids is 2. The van der Waals surface area contributed by atoms with E-state index in [1.165, 1.54) is 24.3 Å². The van der Waals surface area contributed by atoms with Crippen molar-refractivity contribution in [3.8, 4) is 11.8 Å². The number of esters is 2. The average Bonchev–Trinajstić information content (AvgIpc) is 2.71. The highest BCUT2D eigenvalue weighted by Crippen LogP contribution is 2.20. The molecule has 0 spiro atoms. The first-order valence-corrected chi connectivity index (χ1v) is 7.75. The minimum absolute atomic E-state index is 0.114. The summed E-state index contributed by atoms with van der Waals surface area (Å²) in [6.45, 7) is -0.480. The Morgan fingerprint density at radius 3 is 1.57 bits per heavy atom. The Kier molecular flexibility index (Phi) is 7.47. The second-order valence-electron chi connectivity index (χ2n) is 4.92. The van der Waals surface area contributed by atoms with Crippen molar-refractivity contribution in [3.05, 3.63) is 80.5 Å². The molecule has 10 heteroatoms. The van der Waals surface area contributed by atoms with Gasteiger partial charge in [-0.15, -0.1) is 0 Å². The molecule has 10 nitrogen and oxygen atoms in total. The Bertz CT molecular complexity index is 962. The van der Waals surface area contributed by atoms with Gasteiger partial charge in [0.15, 0.2) is 13.2 Å². The fourth-order valence-electron chi connectivity index (χ4n) is 2.02. The first-order valence-electron chi connectivity index (χ1n) is 7.75. The van der Waals surface area contributed by atoms with Crippen LogP contribution in [0.3, 0.4) is 0 Å². The van der Waals surface area contributed by atoms with Crippen LogP contribution < -0.4 is 0 Å². The van der Waals surface area contributed by atoms with Gasteiger partial charge in [0, 0.05) is 9.82 Å². The number of rotatable bonds is 6. The molecule has 2 aromatic rings. The molecule has 0 amide bonds. The van der Waals surface area contributed by atoms with Crippen LogP contribution in [0.15, 0.2) is 58.8 Å². The normalized spacial score (nSPS) is 9.00. The predicted octanol–water partition coefficient (Wildman–Crippen LogP) is 4.59. The van der Waals surface area contributed by atoms with Crippen LogP contribution in [0.4, 0.5) is 11.4 Å². The second-order valence-corrected chi connectivity index (χ2v) is 4.92. The Hall–Kier alpha value is -4.44. The van der Waals surface area contributed by atoms with Crippen LogP contribution in [0.2, 0.25) is 0 Å². The Balaban J connectivity index is 1.86. The van der Waals surface area contributed by atoms with E-state index >= 15 is 0 Å². The molecule has 0 aliphatic carbocycles. The molecule has 2 rings (SSSR count). The zero-order chi connectivity index (χ0) is 20.2. The van der Waals surface area contributed by atoms with E-state index in [9.17, 15) is 9.59 Å². The van der Waals surface area contributed by atoms with E-state index in [0.29, 0.717) is 0 Å².